The highest BCUT2D eigenvalue weighted by Crippen LogP contribution is 2.23. The van der Waals surface area contributed by atoms with Crippen LogP contribution in [0.25, 0.3) is 0 Å². The average Bonchev–Trinajstić information content (AvgIpc) is 2.34. The van der Waals surface area contributed by atoms with Crippen molar-refractivity contribution in [2.45, 2.75) is 0 Å². The Balaban J connectivity index is 3.14. The van der Waals surface area contributed by atoms with E-state index in [1.165, 1.54) is 19.2 Å². The van der Waals surface area contributed by atoms with E-state index in [1.807, 2.05) is 0 Å². The first-order chi connectivity index (χ1) is 8.08. The van der Waals surface area contributed by atoms with Gasteiger partial charge in [0.15, 0.2) is 0 Å². The van der Waals surface area contributed by atoms with Gasteiger partial charge in [-0.15, -0.1) is 6.42 Å². The van der Waals surface area contributed by atoms with Crippen molar-refractivity contribution in [1.29, 1.82) is 0 Å². The first-order valence-corrected chi connectivity index (χ1v) is 4.52. The number of rotatable bonds is 4. The van der Waals surface area contributed by atoms with Gasteiger partial charge in [0.1, 0.15) is 12.4 Å². The highest BCUT2D eigenvalue weighted by Gasteiger charge is 2.15. The molecule has 1 rings (SSSR count). The van der Waals surface area contributed by atoms with Gasteiger partial charge in [0.05, 0.1) is 23.7 Å². The van der Waals surface area contributed by atoms with Crippen molar-refractivity contribution in [1.82, 2.24) is 0 Å². The molecule has 0 N–H and O–H groups in total. The lowest BCUT2D eigenvalue weighted by Crippen LogP contribution is -2.04. The maximum absolute atomic E-state index is 11.3. The van der Waals surface area contributed by atoms with Gasteiger partial charge in [-0.25, -0.2) is 4.79 Å². The minimum absolute atomic E-state index is 0.0359. The van der Waals surface area contributed by atoms with Crippen LogP contribution in [0.4, 0.5) is 5.69 Å². The molecule has 0 spiro atoms. The van der Waals surface area contributed by atoms with Crippen LogP contribution >= 0.6 is 0 Å². The Bertz CT molecular complexity index is 489. The normalized spacial score (nSPS) is 9.18. The van der Waals surface area contributed by atoms with Gasteiger partial charge in [-0.3, -0.25) is 10.1 Å². The van der Waals surface area contributed by atoms with Gasteiger partial charge in [-0.05, 0) is 6.07 Å². The van der Waals surface area contributed by atoms with Gasteiger partial charge in [0.2, 0.25) is 0 Å². The third kappa shape index (κ3) is 3.21. The molecule has 0 saturated carbocycles. The van der Waals surface area contributed by atoms with Crippen molar-refractivity contribution in [2.75, 3.05) is 13.7 Å². The Hall–Kier alpha value is -2.55. The first kappa shape index (κ1) is 12.5. The van der Waals surface area contributed by atoms with E-state index in [1.54, 1.807) is 0 Å². The van der Waals surface area contributed by atoms with Crippen LogP contribution in [0.2, 0.25) is 0 Å². The first-order valence-electron chi connectivity index (χ1n) is 4.52. The maximum Gasteiger partial charge on any atom is 0.338 e. The summed E-state index contributed by atoms with van der Waals surface area (Å²) < 4.78 is 9.51. The fraction of sp³-hybridized carbons (Fsp3) is 0.182. The van der Waals surface area contributed by atoms with Crippen molar-refractivity contribution in [3.05, 3.63) is 33.9 Å². The number of hydrogen-bond acceptors (Lipinski definition) is 5. The van der Waals surface area contributed by atoms with Crippen LogP contribution in [0.15, 0.2) is 18.2 Å². The predicted molar refractivity (Wildman–Crippen MR) is 58.8 cm³/mol. The Morgan fingerprint density at radius 1 is 1.53 bits per heavy atom. The van der Waals surface area contributed by atoms with Crippen molar-refractivity contribution in [3.63, 3.8) is 0 Å². The topological polar surface area (TPSA) is 78.7 Å². The van der Waals surface area contributed by atoms with Gasteiger partial charge in [0, 0.05) is 6.07 Å². The van der Waals surface area contributed by atoms with E-state index in [2.05, 4.69) is 10.7 Å². The van der Waals surface area contributed by atoms with E-state index in [-0.39, 0.29) is 23.6 Å². The van der Waals surface area contributed by atoms with Crippen molar-refractivity contribution >= 4 is 11.7 Å². The molecule has 0 unspecified atom stereocenters. The molecular formula is C11H9NO5. The quantitative estimate of drug-likeness (QED) is 0.341. The molecule has 0 bridgehead atoms. The largest absolute Gasteiger partial charge is 0.481 e. The zero-order valence-electron chi connectivity index (χ0n) is 9.00. The van der Waals surface area contributed by atoms with E-state index >= 15 is 0 Å². The summed E-state index contributed by atoms with van der Waals surface area (Å²) in [6, 6.07) is 3.62. The number of methoxy groups -OCH3 is 1. The third-order valence-corrected chi connectivity index (χ3v) is 1.85. The number of ether oxygens (including phenoxy) is 2. The molecule has 0 fully saturated rings. The van der Waals surface area contributed by atoms with Gasteiger partial charge in [-0.2, -0.15) is 0 Å². The summed E-state index contributed by atoms with van der Waals surface area (Å²) in [4.78, 5) is 21.3. The molecular weight excluding hydrogens is 226 g/mol. The molecule has 0 aliphatic carbocycles. The number of hydrogen-bond donors (Lipinski definition) is 0. The molecule has 1 aromatic rings. The van der Waals surface area contributed by atoms with Crippen LogP contribution in [0.1, 0.15) is 10.4 Å². The minimum atomic E-state index is -0.681. The maximum atomic E-state index is 11.3. The number of non-ortho nitro benzene ring substituents is 1. The number of carbonyl (C=O) groups is 1. The van der Waals surface area contributed by atoms with Crippen LogP contribution in [0.3, 0.4) is 0 Å². The van der Waals surface area contributed by atoms with E-state index in [4.69, 9.17) is 11.2 Å². The van der Waals surface area contributed by atoms with Crippen molar-refractivity contribution in [3.8, 4) is 18.1 Å². The average molecular weight is 235 g/mol. The van der Waals surface area contributed by atoms with Crippen LogP contribution in [-0.4, -0.2) is 24.6 Å². The summed E-state index contributed by atoms with van der Waals surface area (Å²) in [6.07, 6.45) is 5.00. The molecule has 0 aromatic heterocycles. The smallest absolute Gasteiger partial charge is 0.338 e. The molecule has 0 radical (unpaired) electrons. The zero-order valence-corrected chi connectivity index (χ0v) is 9.00. The molecule has 0 amide bonds. The van der Waals surface area contributed by atoms with E-state index in [0.29, 0.717) is 0 Å². The second-order valence-corrected chi connectivity index (χ2v) is 2.96. The zero-order chi connectivity index (χ0) is 12.8. The number of nitrogens with zero attached hydrogens (tertiary/aromatic N) is 1. The fourth-order valence-electron chi connectivity index (χ4n) is 1.13. The lowest BCUT2D eigenvalue weighted by Gasteiger charge is -2.04. The highest BCUT2D eigenvalue weighted by molar-refractivity contribution is 5.90. The Kier molecular flexibility index (Phi) is 4.06. The molecule has 1 aromatic carbocycles. The standard InChI is InChI=1S/C11H9NO5/c1-3-4-17-10-6-8(11(13)16-2)5-9(7-10)12(14)15/h1,5-7H,4H2,2H3. The van der Waals surface area contributed by atoms with Crippen LogP contribution in [0.5, 0.6) is 5.75 Å². The molecule has 0 aliphatic rings. The summed E-state index contributed by atoms with van der Waals surface area (Å²) in [5.74, 6) is 1.69. The number of esters is 1. The van der Waals surface area contributed by atoms with Crippen molar-refractivity contribution < 1.29 is 19.2 Å². The van der Waals surface area contributed by atoms with Gasteiger partial charge >= 0.3 is 5.97 Å². The van der Waals surface area contributed by atoms with Crippen LogP contribution < -0.4 is 4.74 Å². The molecule has 0 saturated heterocycles. The van der Waals surface area contributed by atoms with E-state index in [0.717, 1.165) is 6.07 Å². The Morgan fingerprint density at radius 2 is 2.24 bits per heavy atom. The summed E-state index contributed by atoms with van der Waals surface area (Å²) >= 11 is 0. The van der Waals surface area contributed by atoms with Gasteiger partial charge in [-0.1, -0.05) is 5.92 Å². The predicted octanol–water partition coefficient (Wildman–Crippen LogP) is 1.39. The monoisotopic (exact) mass is 235 g/mol. The molecule has 0 heterocycles. The van der Waals surface area contributed by atoms with E-state index < -0.39 is 10.9 Å². The second kappa shape index (κ2) is 5.51. The SMILES string of the molecule is C#CCOc1cc(C(=O)OC)cc([N+](=O)[O-])c1. The van der Waals surface area contributed by atoms with Crippen molar-refractivity contribution in [2.24, 2.45) is 0 Å². The number of benzene rings is 1. The van der Waals surface area contributed by atoms with Gasteiger partial charge in [0.25, 0.3) is 5.69 Å². The third-order valence-electron chi connectivity index (χ3n) is 1.85. The number of terminal acetylenes is 1. The molecule has 0 atom stereocenters. The van der Waals surface area contributed by atoms with Gasteiger partial charge < -0.3 is 9.47 Å². The number of nitro groups is 1. The lowest BCUT2D eigenvalue weighted by molar-refractivity contribution is -0.385. The summed E-state index contributed by atoms with van der Waals surface area (Å²) in [5.41, 5.74) is -0.228. The second-order valence-electron chi connectivity index (χ2n) is 2.96. The summed E-state index contributed by atoms with van der Waals surface area (Å²) in [6.45, 7) is -0.0399. The Labute approximate surface area is 97.3 Å². The van der Waals surface area contributed by atoms with Crippen LogP contribution in [0, 0.1) is 22.5 Å². The minimum Gasteiger partial charge on any atom is -0.481 e. The summed E-state index contributed by atoms with van der Waals surface area (Å²) in [7, 11) is 1.18. The molecule has 6 heteroatoms. The highest BCUT2D eigenvalue weighted by atomic mass is 16.6. The molecule has 17 heavy (non-hydrogen) atoms. The fourth-order valence-corrected chi connectivity index (χ4v) is 1.13. The number of nitro benzene ring substituents is 1. The molecule has 0 aliphatic heterocycles. The lowest BCUT2D eigenvalue weighted by atomic mass is 10.2. The molecule has 88 valence electrons. The molecule has 6 nitrogen and oxygen atoms in total. The Morgan fingerprint density at radius 3 is 2.76 bits per heavy atom. The summed E-state index contributed by atoms with van der Waals surface area (Å²) in [5, 5.41) is 10.6. The van der Waals surface area contributed by atoms with Crippen LogP contribution in [-0.2, 0) is 4.74 Å². The van der Waals surface area contributed by atoms with E-state index in [9.17, 15) is 14.9 Å². The number of carbonyl (C=O) groups excluding carboxylic acids is 1.